The van der Waals surface area contributed by atoms with Gasteiger partial charge in [-0.2, -0.15) is 0 Å². The number of nitrogens with one attached hydrogen (secondary N) is 1. The lowest BCUT2D eigenvalue weighted by atomic mass is 10.2. The van der Waals surface area contributed by atoms with Crippen molar-refractivity contribution in [3.05, 3.63) is 30.6 Å². The second-order valence-corrected chi connectivity index (χ2v) is 3.37. The van der Waals surface area contributed by atoms with E-state index in [4.69, 9.17) is 5.73 Å². The Kier molecular flexibility index (Phi) is 1.33. The average molecular weight is 186 g/mol. The van der Waals surface area contributed by atoms with E-state index in [0.29, 0.717) is 0 Å². The molecule has 1 aromatic carbocycles. The second-order valence-electron chi connectivity index (χ2n) is 3.37. The van der Waals surface area contributed by atoms with Gasteiger partial charge in [-0.15, -0.1) is 0 Å². The number of benzene rings is 1. The van der Waals surface area contributed by atoms with Gasteiger partial charge >= 0.3 is 0 Å². The van der Waals surface area contributed by atoms with Crippen molar-refractivity contribution in [1.29, 1.82) is 0 Å². The predicted octanol–water partition coefficient (Wildman–Crippen LogP) is 1.38. The molecule has 0 saturated heterocycles. The molecular formula is C10H10N4. The van der Waals surface area contributed by atoms with Gasteiger partial charge in [0, 0.05) is 24.3 Å². The van der Waals surface area contributed by atoms with Gasteiger partial charge in [0.05, 0.1) is 11.4 Å². The number of hydrogen-bond donors (Lipinski definition) is 2. The SMILES string of the molecule is Nc1ccc2c(c1)NC1C=NC=CN21. The van der Waals surface area contributed by atoms with Crippen LogP contribution in [0.15, 0.2) is 35.6 Å². The fraction of sp³-hybridized carbons (Fsp3) is 0.100. The van der Waals surface area contributed by atoms with E-state index in [-0.39, 0.29) is 6.17 Å². The van der Waals surface area contributed by atoms with E-state index in [1.54, 1.807) is 6.20 Å². The molecule has 14 heavy (non-hydrogen) atoms. The summed E-state index contributed by atoms with van der Waals surface area (Å²) in [4.78, 5) is 6.21. The molecule has 1 atom stereocenters. The van der Waals surface area contributed by atoms with Crippen molar-refractivity contribution in [2.75, 3.05) is 16.0 Å². The molecule has 1 unspecified atom stereocenters. The molecule has 0 aliphatic carbocycles. The van der Waals surface area contributed by atoms with E-state index in [2.05, 4.69) is 15.2 Å². The summed E-state index contributed by atoms with van der Waals surface area (Å²) < 4.78 is 0. The maximum Gasteiger partial charge on any atom is 0.140 e. The molecule has 1 aromatic rings. The normalized spacial score (nSPS) is 21.7. The fourth-order valence-corrected chi connectivity index (χ4v) is 1.80. The lowest BCUT2D eigenvalue weighted by Gasteiger charge is -2.21. The molecule has 70 valence electrons. The molecule has 3 rings (SSSR count). The average Bonchev–Trinajstić information content (AvgIpc) is 2.54. The molecule has 0 spiro atoms. The third-order valence-corrected chi connectivity index (χ3v) is 2.44. The molecule has 0 fully saturated rings. The van der Waals surface area contributed by atoms with Gasteiger partial charge in [-0.1, -0.05) is 0 Å². The van der Waals surface area contributed by atoms with Crippen molar-refractivity contribution in [2.24, 2.45) is 4.99 Å². The number of aliphatic imine (C=N–C) groups is 1. The number of fused-ring (bicyclic) bond motifs is 3. The monoisotopic (exact) mass is 186 g/mol. The van der Waals surface area contributed by atoms with Gasteiger partial charge in [0.1, 0.15) is 6.17 Å². The van der Waals surface area contributed by atoms with E-state index in [1.807, 2.05) is 30.6 Å². The zero-order valence-corrected chi connectivity index (χ0v) is 7.51. The van der Waals surface area contributed by atoms with Gasteiger partial charge in [0.2, 0.25) is 0 Å². The lowest BCUT2D eigenvalue weighted by Crippen LogP contribution is -2.34. The van der Waals surface area contributed by atoms with Gasteiger partial charge in [0.15, 0.2) is 0 Å². The Morgan fingerprint density at radius 3 is 3.29 bits per heavy atom. The van der Waals surface area contributed by atoms with Crippen LogP contribution in [0.2, 0.25) is 0 Å². The Bertz CT molecular complexity index is 436. The Balaban J connectivity index is 2.11. The van der Waals surface area contributed by atoms with E-state index in [0.717, 1.165) is 17.1 Å². The summed E-state index contributed by atoms with van der Waals surface area (Å²) >= 11 is 0. The van der Waals surface area contributed by atoms with Gasteiger partial charge in [-0.25, -0.2) is 0 Å². The first-order valence-corrected chi connectivity index (χ1v) is 4.49. The number of nitrogens with zero attached hydrogens (tertiary/aromatic N) is 2. The number of nitrogens with two attached hydrogens (primary N) is 1. The topological polar surface area (TPSA) is 53.6 Å². The highest BCUT2D eigenvalue weighted by Crippen LogP contribution is 2.36. The van der Waals surface area contributed by atoms with Gasteiger partial charge in [0.25, 0.3) is 0 Å². The molecule has 0 radical (unpaired) electrons. The molecule has 2 aliphatic rings. The first-order chi connectivity index (χ1) is 6.84. The third-order valence-electron chi connectivity index (χ3n) is 2.44. The zero-order chi connectivity index (χ0) is 9.54. The van der Waals surface area contributed by atoms with E-state index in [9.17, 15) is 0 Å². The smallest absolute Gasteiger partial charge is 0.140 e. The van der Waals surface area contributed by atoms with Crippen LogP contribution < -0.4 is 16.0 Å². The highest BCUT2D eigenvalue weighted by Gasteiger charge is 2.26. The summed E-state index contributed by atoms with van der Waals surface area (Å²) in [5.74, 6) is 0. The molecule has 0 amide bonds. The molecule has 0 saturated carbocycles. The minimum atomic E-state index is 0.136. The van der Waals surface area contributed by atoms with Crippen molar-refractivity contribution in [1.82, 2.24) is 0 Å². The molecule has 2 aliphatic heterocycles. The molecule has 4 heteroatoms. The fourth-order valence-electron chi connectivity index (χ4n) is 1.80. The standard InChI is InChI=1S/C10H10N4/c11-7-1-2-9-8(5-7)13-10-6-12-3-4-14(9)10/h1-6,10,13H,11H2. The summed E-state index contributed by atoms with van der Waals surface area (Å²) in [5.41, 5.74) is 8.69. The molecule has 0 bridgehead atoms. The van der Waals surface area contributed by atoms with Crippen LogP contribution in [0.5, 0.6) is 0 Å². The Hall–Kier alpha value is -1.97. The minimum Gasteiger partial charge on any atom is -0.399 e. The van der Waals surface area contributed by atoms with E-state index < -0.39 is 0 Å². The highest BCUT2D eigenvalue weighted by atomic mass is 15.3. The van der Waals surface area contributed by atoms with E-state index in [1.165, 1.54) is 0 Å². The van der Waals surface area contributed by atoms with Crippen molar-refractivity contribution < 1.29 is 0 Å². The summed E-state index contributed by atoms with van der Waals surface area (Å²) in [7, 11) is 0. The Labute approximate surface area is 81.7 Å². The van der Waals surface area contributed by atoms with Gasteiger partial charge in [-0.05, 0) is 18.2 Å². The van der Waals surface area contributed by atoms with Crippen LogP contribution in [0, 0.1) is 0 Å². The van der Waals surface area contributed by atoms with Crippen molar-refractivity contribution in [2.45, 2.75) is 6.17 Å². The van der Waals surface area contributed by atoms with Crippen LogP contribution >= 0.6 is 0 Å². The summed E-state index contributed by atoms with van der Waals surface area (Å²) in [5, 5.41) is 3.32. The van der Waals surface area contributed by atoms with Crippen molar-refractivity contribution in [3.8, 4) is 0 Å². The molecular weight excluding hydrogens is 176 g/mol. The maximum atomic E-state index is 5.71. The number of nitrogen functional groups attached to an aromatic ring is 1. The molecule has 4 nitrogen and oxygen atoms in total. The van der Waals surface area contributed by atoms with Crippen LogP contribution in [-0.2, 0) is 0 Å². The third kappa shape index (κ3) is 0.907. The number of hydrogen-bond acceptors (Lipinski definition) is 4. The predicted molar refractivity (Wildman–Crippen MR) is 58.4 cm³/mol. The first-order valence-electron chi connectivity index (χ1n) is 4.49. The Morgan fingerprint density at radius 2 is 2.36 bits per heavy atom. The molecule has 3 N–H and O–H groups in total. The number of rotatable bonds is 0. The molecule has 2 heterocycles. The van der Waals surface area contributed by atoms with E-state index >= 15 is 0 Å². The van der Waals surface area contributed by atoms with Crippen LogP contribution in [0.1, 0.15) is 0 Å². The second kappa shape index (κ2) is 2.51. The minimum absolute atomic E-state index is 0.136. The summed E-state index contributed by atoms with van der Waals surface area (Å²) in [6, 6.07) is 5.86. The molecule has 0 aromatic heterocycles. The highest BCUT2D eigenvalue weighted by molar-refractivity contribution is 5.89. The lowest BCUT2D eigenvalue weighted by molar-refractivity contribution is 0.959. The van der Waals surface area contributed by atoms with Crippen LogP contribution in [0.4, 0.5) is 17.1 Å². The maximum absolute atomic E-state index is 5.71. The Morgan fingerprint density at radius 1 is 1.43 bits per heavy atom. The van der Waals surface area contributed by atoms with Crippen LogP contribution in [0.25, 0.3) is 0 Å². The first kappa shape index (κ1) is 7.44. The van der Waals surface area contributed by atoms with Gasteiger partial charge < -0.3 is 16.0 Å². The summed E-state index contributed by atoms with van der Waals surface area (Å²) in [6.07, 6.45) is 5.75. The van der Waals surface area contributed by atoms with Crippen molar-refractivity contribution in [3.63, 3.8) is 0 Å². The zero-order valence-electron chi connectivity index (χ0n) is 7.51. The van der Waals surface area contributed by atoms with Gasteiger partial charge in [-0.3, -0.25) is 4.99 Å². The summed E-state index contributed by atoms with van der Waals surface area (Å²) in [6.45, 7) is 0. The largest absolute Gasteiger partial charge is 0.399 e. The van der Waals surface area contributed by atoms with Crippen molar-refractivity contribution >= 4 is 23.3 Å². The van der Waals surface area contributed by atoms with Crippen LogP contribution in [-0.4, -0.2) is 12.4 Å². The number of anilines is 3. The quantitative estimate of drug-likeness (QED) is 0.602. The van der Waals surface area contributed by atoms with Crippen LogP contribution in [0.3, 0.4) is 0 Å².